The maximum atomic E-state index is 11.9. The molecule has 0 saturated carbocycles. The topological polar surface area (TPSA) is 70.2 Å². The Morgan fingerprint density at radius 2 is 2.14 bits per heavy atom. The Morgan fingerprint density at radius 1 is 1.38 bits per heavy atom. The van der Waals surface area contributed by atoms with Crippen LogP contribution in [0.5, 0.6) is 0 Å². The zero-order valence-corrected chi connectivity index (χ0v) is 13.4. The molecule has 1 aliphatic rings. The molecule has 0 radical (unpaired) electrons. The Bertz CT molecular complexity index is 517. The lowest BCUT2D eigenvalue weighted by molar-refractivity contribution is -0.122. The van der Waals surface area contributed by atoms with Gasteiger partial charge in [0.25, 0.3) is 0 Å². The molecule has 1 atom stereocenters. The highest BCUT2D eigenvalue weighted by Gasteiger charge is 2.28. The lowest BCUT2D eigenvalue weighted by Crippen LogP contribution is -2.54. The van der Waals surface area contributed by atoms with Gasteiger partial charge in [0.15, 0.2) is 0 Å². The number of hydrogen-bond donors (Lipinski definition) is 2. The average Bonchev–Trinajstić information content (AvgIpc) is 2.46. The molecule has 2 heterocycles. The summed E-state index contributed by atoms with van der Waals surface area (Å²) in [6.07, 6.45) is 1.85. The summed E-state index contributed by atoms with van der Waals surface area (Å²) in [5.41, 5.74) is 1.01. The third kappa shape index (κ3) is 3.25. The van der Waals surface area contributed by atoms with Crippen LogP contribution >= 0.6 is 0 Å². The summed E-state index contributed by atoms with van der Waals surface area (Å²) in [6, 6.07) is -0.198. The SMILES string of the molecule is CCCc1nc(NCC)c(C)c(N2CCNC(=O)C2C)n1. The van der Waals surface area contributed by atoms with Crippen molar-refractivity contribution in [2.45, 2.75) is 46.6 Å². The second-order valence-corrected chi connectivity index (χ2v) is 5.38. The molecular weight excluding hydrogens is 266 g/mol. The lowest BCUT2D eigenvalue weighted by atomic mass is 10.1. The van der Waals surface area contributed by atoms with Gasteiger partial charge in [-0.3, -0.25) is 4.79 Å². The largest absolute Gasteiger partial charge is 0.370 e. The molecule has 1 aromatic heterocycles. The molecule has 2 rings (SSSR count). The van der Waals surface area contributed by atoms with Gasteiger partial charge in [0.05, 0.1) is 0 Å². The highest BCUT2D eigenvalue weighted by Crippen LogP contribution is 2.26. The number of anilines is 2. The van der Waals surface area contributed by atoms with Crippen LogP contribution in [0.4, 0.5) is 11.6 Å². The number of carbonyl (C=O) groups excluding carboxylic acids is 1. The zero-order chi connectivity index (χ0) is 15.4. The van der Waals surface area contributed by atoms with Crippen molar-refractivity contribution < 1.29 is 4.79 Å². The lowest BCUT2D eigenvalue weighted by Gasteiger charge is -2.35. The van der Waals surface area contributed by atoms with Crippen molar-refractivity contribution in [2.24, 2.45) is 0 Å². The van der Waals surface area contributed by atoms with E-state index in [1.807, 2.05) is 13.8 Å². The monoisotopic (exact) mass is 291 g/mol. The van der Waals surface area contributed by atoms with E-state index in [2.05, 4.69) is 34.4 Å². The molecule has 6 nitrogen and oxygen atoms in total. The van der Waals surface area contributed by atoms with E-state index in [-0.39, 0.29) is 11.9 Å². The van der Waals surface area contributed by atoms with Crippen molar-refractivity contribution in [2.75, 3.05) is 29.9 Å². The number of amides is 1. The summed E-state index contributed by atoms with van der Waals surface area (Å²) in [6.45, 7) is 10.4. The van der Waals surface area contributed by atoms with Crippen LogP contribution in [0.15, 0.2) is 0 Å². The summed E-state index contributed by atoms with van der Waals surface area (Å²) in [5, 5.41) is 6.19. The van der Waals surface area contributed by atoms with E-state index in [0.29, 0.717) is 6.54 Å². The average molecular weight is 291 g/mol. The van der Waals surface area contributed by atoms with Crippen LogP contribution in [0.1, 0.15) is 38.6 Å². The fraction of sp³-hybridized carbons (Fsp3) is 0.667. The zero-order valence-electron chi connectivity index (χ0n) is 13.4. The second kappa shape index (κ2) is 6.74. The summed E-state index contributed by atoms with van der Waals surface area (Å²) in [7, 11) is 0. The van der Waals surface area contributed by atoms with Gasteiger partial charge in [-0.2, -0.15) is 0 Å². The van der Waals surface area contributed by atoms with E-state index < -0.39 is 0 Å². The highest BCUT2D eigenvalue weighted by atomic mass is 16.2. The van der Waals surface area contributed by atoms with Crippen molar-refractivity contribution >= 4 is 17.5 Å². The van der Waals surface area contributed by atoms with Crippen molar-refractivity contribution in [1.82, 2.24) is 15.3 Å². The standard InChI is InChI=1S/C15H25N5O/c1-5-7-12-18-13(16-6-2)10(3)14(19-12)20-9-8-17-15(21)11(20)4/h11H,5-9H2,1-4H3,(H,17,21)(H,16,18,19). The van der Waals surface area contributed by atoms with Gasteiger partial charge in [-0.1, -0.05) is 6.92 Å². The minimum absolute atomic E-state index is 0.0568. The molecule has 0 aromatic carbocycles. The number of aryl methyl sites for hydroxylation is 1. The van der Waals surface area contributed by atoms with E-state index in [0.717, 1.165) is 49.0 Å². The smallest absolute Gasteiger partial charge is 0.242 e. The third-order valence-electron chi connectivity index (χ3n) is 3.76. The van der Waals surface area contributed by atoms with Gasteiger partial charge < -0.3 is 15.5 Å². The second-order valence-electron chi connectivity index (χ2n) is 5.38. The predicted octanol–water partition coefficient (Wildman–Crippen LogP) is 1.49. The van der Waals surface area contributed by atoms with Crippen molar-refractivity contribution in [3.05, 3.63) is 11.4 Å². The van der Waals surface area contributed by atoms with E-state index >= 15 is 0 Å². The molecule has 1 aromatic rings. The Hall–Kier alpha value is -1.85. The Balaban J connectivity index is 2.42. The molecule has 2 N–H and O–H groups in total. The van der Waals surface area contributed by atoms with E-state index in [4.69, 9.17) is 4.98 Å². The quantitative estimate of drug-likeness (QED) is 0.860. The van der Waals surface area contributed by atoms with Gasteiger partial charge in [0, 0.05) is 31.6 Å². The van der Waals surface area contributed by atoms with Gasteiger partial charge in [-0.15, -0.1) is 0 Å². The molecule has 1 saturated heterocycles. The van der Waals surface area contributed by atoms with Crippen LogP contribution in [0.3, 0.4) is 0 Å². The summed E-state index contributed by atoms with van der Waals surface area (Å²) >= 11 is 0. The summed E-state index contributed by atoms with van der Waals surface area (Å²) in [5.74, 6) is 2.66. The number of nitrogens with one attached hydrogen (secondary N) is 2. The maximum Gasteiger partial charge on any atom is 0.242 e. The van der Waals surface area contributed by atoms with E-state index in [1.165, 1.54) is 0 Å². The number of rotatable bonds is 5. The van der Waals surface area contributed by atoms with Gasteiger partial charge in [-0.25, -0.2) is 9.97 Å². The van der Waals surface area contributed by atoms with Crippen LogP contribution in [-0.4, -0.2) is 41.6 Å². The normalized spacial score (nSPS) is 18.6. The van der Waals surface area contributed by atoms with Crippen molar-refractivity contribution in [3.63, 3.8) is 0 Å². The van der Waals surface area contributed by atoms with Crippen molar-refractivity contribution in [3.8, 4) is 0 Å². The van der Waals surface area contributed by atoms with Gasteiger partial charge >= 0.3 is 0 Å². The van der Waals surface area contributed by atoms with Crippen LogP contribution in [0.25, 0.3) is 0 Å². The minimum atomic E-state index is -0.198. The van der Waals surface area contributed by atoms with Crippen molar-refractivity contribution in [1.29, 1.82) is 0 Å². The first-order valence-electron chi connectivity index (χ1n) is 7.74. The molecule has 1 aliphatic heterocycles. The van der Waals surface area contributed by atoms with Gasteiger partial charge in [0.1, 0.15) is 23.5 Å². The van der Waals surface area contributed by atoms with E-state index in [9.17, 15) is 4.79 Å². The first-order chi connectivity index (χ1) is 10.1. The molecule has 116 valence electrons. The van der Waals surface area contributed by atoms with Crippen LogP contribution in [0.2, 0.25) is 0 Å². The molecule has 1 fully saturated rings. The maximum absolute atomic E-state index is 11.9. The molecule has 0 bridgehead atoms. The van der Waals surface area contributed by atoms with Crippen LogP contribution < -0.4 is 15.5 Å². The fourth-order valence-corrected chi connectivity index (χ4v) is 2.58. The highest BCUT2D eigenvalue weighted by molar-refractivity contribution is 5.86. The van der Waals surface area contributed by atoms with Crippen LogP contribution in [0, 0.1) is 6.92 Å². The molecular formula is C15H25N5O. The number of nitrogens with zero attached hydrogens (tertiary/aromatic N) is 3. The van der Waals surface area contributed by atoms with Gasteiger partial charge in [0.2, 0.25) is 5.91 Å². The number of hydrogen-bond acceptors (Lipinski definition) is 5. The molecule has 0 spiro atoms. The summed E-state index contributed by atoms with van der Waals surface area (Å²) < 4.78 is 0. The molecule has 1 unspecified atom stereocenters. The number of piperazine rings is 1. The first kappa shape index (κ1) is 15.5. The Labute approximate surface area is 126 Å². The molecule has 1 amide bonds. The first-order valence-corrected chi connectivity index (χ1v) is 7.74. The predicted molar refractivity (Wildman–Crippen MR) is 84.7 cm³/mol. The molecule has 0 aliphatic carbocycles. The molecule has 21 heavy (non-hydrogen) atoms. The Morgan fingerprint density at radius 3 is 2.81 bits per heavy atom. The van der Waals surface area contributed by atoms with Crippen LogP contribution in [-0.2, 0) is 11.2 Å². The third-order valence-corrected chi connectivity index (χ3v) is 3.76. The van der Waals surface area contributed by atoms with E-state index in [1.54, 1.807) is 0 Å². The Kier molecular flexibility index (Phi) is 4.98. The molecule has 6 heteroatoms. The number of carbonyl (C=O) groups is 1. The fourth-order valence-electron chi connectivity index (χ4n) is 2.58. The summed E-state index contributed by atoms with van der Waals surface area (Å²) in [4.78, 5) is 23.3. The van der Waals surface area contributed by atoms with Gasteiger partial charge in [-0.05, 0) is 27.2 Å². The minimum Gasteiger partial charge on any atom is -0.370 e. The number of aromatic nitrogens is 2.